The monoisotopic (exact) mass is 322 g/mol. The van der Waals surface area contributed by atoms with Crippen molar-refractivity contribution >= 4 is 17.6 Å². The molecule has 116 valence electrons. The van der Waals surface area contributed by atoms with E-state index < -0.39 is 5.97 Å². The van der Waals surface area contributed by atoms with Gasteiger partial charge in [-0.1, -0.05) is 29.8 Å². The number of esters is 1. The number of aromatic hydroxyl groups is 1. The summed E-state index contributed by atoms with van der Waals surface area (Å²) in [5.41, 5.74) is 0.469. The van der Waals surface area contributed by atoms with Gasteiger partial charge in [-0.3, -0.25) is 0 Å². The zero-order valence-corrected chi connectivity index (χ0v) is 12.9. The van der Waals surface area contributed by atoms with Gasteiger partial charge < -0.3 is 19.3 Å². The SMILES string of the molecule is COC(=O)c1cc(COc2ccccc2)c(Cl)c(OC)c1O. The van der Waals surface area contributed by atoms with E-state index in [9.17, 15) is 9.90 Å². The first-order valence-electron chi connectivity index (χ1n) is 6.43. The minimum absolute atomic E-state index is 0.0104. The summed E-state index contributed by atoms with van der Waals surface area (Å²) in [5, 5.41) is 10.2. The highest BCUT2D eigenvalue weighted by atomic mass is 35.5. The van der Waals surface area contributed by atoms with Crippen LogP contribution in [0.4, 0.5) is 0 Å². The van der Waals surface area contributed by atoms with Crippen LogP contribution in [-0.2, 0) is 11.3 Å². The van der Waals surface area contributed by atoms with Gasteiger partial charge in [-0.05, 0) is 18.2 Å². The number of carbonyl (C=O) groups excluding carboxylic acids is 1. The third-order valence-electron chi connectivity index (χ3n) is 3.02. The molecule has 0 bridgehead atoms. The molecule has 0 unspecified atom stereocenters. The Labute approximate surface area is 133 Å². The molecule has 0 saturated heterocycles. The van der Waals surface area contributed by atoms with E-state index in [-0.39, 0.29) is 28.7 Å². The number of rotatable bonds is 5. The van der Waals surface area contributed by atoms with Crippen LogP contribution in [0.1, 0.15) is 15.9 Å². The Morgan fingerprint density at radius 3 is 2.50 bits per heavy atom. The molecule has 2 aromatic carbocycles. The van der Waals surface area contributed by atoms with Crippen molar-refractivity contribution in [1.82, 2.24) is 0 Å². The molecule has 0 radical (unpaired) electrons. The second-order valence-corrected chi connectivity index (χ2v) is 4.75. The van der Waals surface area contributed by atoms with Crippen molar-refractivity contribution in [2.45, 2.75) is 6.61 Å². The summed E-state index contributed by atoms with van der Waals surface area (Å²) in [6, 6.07) is 10.6. The number of phenols is 1. The summed E-state index contributed by atoms with van der Waals surface area (Å²) in [6.45, 7) is 0.115. The van der Waals surface area contributed by atoms with Crippen LogP contribution < -0.4 is 9.47 Å². The summed E-state index contributed by atoms with van der Waals surface area (Å²) in [6.07, 6.45) is 0. The first kappa shape index (κ1) is 16.0. The summed E-state index contributed by atoms with van der Waals surface area (Å²) < 4.78 is 15.3. The Morgan fingerprint density at radius 2 is 1.91 bits per heavy atom. The maximum atomic E-state index is 11.7. The Kier molecular flexibility index (Phi) is 5.12. The molecule has 22 heavy (non-hydrogen) atoms. The van der Waals surface area contributed by atoms with Crippen molar-refractivity contribution in [1.29, 1.82) is 0 Å². The molecular formula is C16H15ClO5. The van der Waals surface area contributed by atoms with Gasteiger partial charge in [0.1, 0.15) is 17.9 Å². The van der Waals surface area contributed by atoms with Crippen LogP contribution in [0.5, 0.6) is 17.2 Å². The molecule has 0 aliphatic rings. The molecule has 0 atom stereocenters. The van der Waals surface area contributed by atoms with Gasteiger partial charge in [-0.15, -0.1) is 0 Å². The fourth-order valence-corrected chi connectivity index (χ4v) is 2.19. The normalized spacial score (nSPS) is 10.1. The lowest BCUT2D eigenvalue weighted by Crippen LogP contribution is -2.06. The number of phenolic OH excluding ortho intramolecular Hbond substituents is 1. The molecule has 5 nitrogen and oxygen atoms in total. The predicted molar refractivity (Wildman–Crippen MR) is 81.8 cm³/mol. The van der Waals surface area contributed by atoms with Crippen molar-refractivity contribution in [3.63, 3.8) is 0 Å². The van der Waals surface area contributed by atoms with Gasteiger partial charge >= 0.3 is 5.97 Å². The maximum Gasteiger partial charge on any atom is 0.341 e. The standard InChI is InChI=1S/C16H15ClO5/c1-20-15-13(17)10(8-12(14(15)18)16(19)21-2)9-22-11-6-4-3-5-7-11/h3-8,18H,9H2,1-2H3. The Balaban J connectivity index is 2.36. The molecule has 0 heterocycles. The van der Waals surface area contributed by atoms with Crippen LogP contribution in [0.3, 0.4) is 0 Å². The van der Waals surface area contributed by atoms with Crippen molar-refractivity contribution < 1.29 is 24.1 Å². The third kappa shape index (κ3) is 3.26. The lowest BCUT2D eigenvalue weighted by Gasteiger charge is -2.14. The highest BCUT2D eigenvalue weighted by Crippen LogP contribution is 2.40. The van der Waals surface area contributed by atoms with Gasteiger partial charge in [-0.2, -0.15) is 0 Å². The minimum atomic E-state index is -0.687. The van der Waals surface area contributed by atoms with Gasteiger partial charge in [0.05, 0.1) is 19.2 Å². The molecule has 0 aliphatic carbocycles. The van der Waals surface area contributed by atoms with Gasteiger partial charge in [0.2, 0.25) is 0 Å². The number of hydrogen-bond acceptors (Lipinski definition) is 5. The highest BCUT2D eigenvalue weighted by Gasteiger charge is 2.22. The van der Waals surface area contributed by atoms with Crippen LogP contribution in [0.25, 0.3) is 0 Å². The fourth-order valence-electron chi connectivity index (χ4n) is 1.91. The van der Waals surface area contributed by atoms with Crippen molar-refractivity contribution in [2.24, 2.45) is 0 Å². The number of hydrogen-bond donors (Lipinski definition) is 1. The molecular weight excluding hydrogens is 308 g/mol. The largest absolute Gasteiger partial charge is 0.504 e. The molecule has 0 saturated carbocycles. The lowest BCUT2D eigenvalue weighted by atomic mass is 10.1. The predicted octanol–water partition coefficient (Wildman–Crippen LogP) is 3.42. The van der Waals surface area contributed by atoms with Crippen molar-refractivity contribution in [2.75, 3.05) is 14.2 Å². The molecule has 0 aromatic heterocycles. The van der Waals surface area contributed by atoms with E-state index in [1.54, 1.807) is 12.1 Å². The topological polar surface area (TPSA) is 65.0 Å². The first-order valence-corrected chi connectivity index (χ1v) is 6.80. The van der Waals surface area contributed by atoms with E-state index in [1.165, 1.54) is 20.3 Å². The second-order valence-electron chi connectivity index (χ2n) is 4.37. The van der Waals surface area contributed by atoms with E-state index in [4.69, 9.17) is 21.1 Å². The zero-order valence-electron chi connectivity index (χ0n) is 12.1. The van der Waals surface area contributed by atoms with Gasteiger partial charge in [0, 0.05) is 5.56 Å². The number of ether oxygens (including phenoxy) is 3. The molecule has 1 N–H and O–H groups in total. The lowest BCUT2D eigenvalue weighted by molar-refractivity contribution is 0.0596. The third-order valence-corrected chi connectivity index (χ3v) is 3.43. The summed E-state index contributed by atoms with van der Waals surface area (Å²) in [7, 11) is 2.58. The molecule has 0 aliphatic heterocycles. The maximum absolute atomic E-state index is 11.7. The molecule has 2 rings (SSSR count). The number of carbonyl (C=O) groups is 1. The van der Waals surface area contributed by atoms with Gasteiger partial charge in [0.15, 0.2) is 11.5 Å². The van der Waals surface area contributed by atoms with E-state index >= 15 is 0 Å². The Bertz CT molecular complexity index is 670. The van der Waals surface area contributed by atoms with E-state index in [2.05, 4.69) is 4.74 Å². The number of para-hydroxylation sites is 1. The molecule has 0 fully saturated rings. The molecule has 2 aromatic rings. The van der Waals surface area contributed by atoms with Crippen LogP contribution in [0, 0.1) is 0 Å². The minimum Gasteiger partial charge on any atom is -0.504 e. The van der Waals surface area contributed by atoms with E-state index in [0.717, 1.165) is 0 Å². The zero-order chi connectivity index (χ0) is 16.1. The van der Waals surface area contributed by atoms with Gasteiger partial charge in [0.25, 0.3) is 0 Å². The summed E-state index contributed by atoms with van der Waals surface area (Å²) in [4.78, 5) is 11.7. The van der Waals surface area contributed by atoms with E-state index in [0.29, 0.717) is 11.3 Å². The quantitative estimate of drug-likeness (QED) is 0.854. The summed E-state index contributed by atoms with van der Waals surface area (Å²) >= 11 is 6.18. The average Bonchev–Trinajstić information content (AvgIpc) is 2.55. The van der Waals surface area contributed by atoms with Crippen LogP contribution in [-0.4, -0.2) is 25.3 Å². The average molecular weight is 323 g/mol. The van der Waals surface area contributed by atoms with Crippen LogP contribution in [0.2, 0.25) is 5.02 Å². The van der Waals surface area contributed by atoms with E-state index in [1.807, 2.05) is 18.2 Å². The van der Waals surface area contributed by atoms with Crippen molar-refractivity contribution in [3.05, 3.63) is 52.5 Å². The van der Waals surface area contributed by atoms with Crippen LogP contribution >= 0.6 is 11.6 Å². The number of benzene rings is 2. The van der Waals surface area contributed by atoms with Crippen molar-refractivity contribution in [3.8, 4) is 17.2 Å². The smallest absolute Gasteiger partial charge is 0.341 e. The highest BCUT2D eigenvalue weighted by molar-refractivity contribution is 6.33. The molecule has 0 spiro atoms. The number of methoxy groups -OCH3 is 2. The molecule has 6 heteroatoms. The first-order chi connectivity index (χ1) is 10.6. The fraction of sp³-hybridized carbons (Fsp3) is 0.188. The molecule has 0 amide bonds. The number of halogens is 1. The second kappa shape index (κ2) is 7.04. The summed E-state index contributed by atoms with van der Waals surface area (Å²) in [5.74, 6) is -0.377. The van der Waals surface area contributed by atoms with Crippen LogP contribution in [0.15, 0.2) is 36.4 Å². The van der Waals surface area contributed by atoms with Gasteiger partial charge in [-0.25, -0.2) is 4.79 Å². The Morgan fingerprint density at radius 1 is 1.23 bits per heavy atom. The Hall–Kier alpha value is -2.40.